The Morgan fingerprint density at radius 3 is 2.59 bits per heavy atom. The molecule has 0 saturated carbocycles. The highest BCUT2D eigenvalue weighted by Gasteiger charge is 2.36. The predicted octanol–water partition coefficient (Wildman–Crippen LogP) is 4.29. The van der Waals surface area contributed by atoms with E-state index in [-0.39, 0.29) is 6.04 Å². The minimum atomic E-state index is 0.218. The third-order valence-electron chi connectivity index (χ3n) is 7.07. The first kappa shape index (κ1) is 22.2. The summed E-state index contributed by atoms with van der Waals surface area (Å²) in [6, 6.07) is 15.7. The fourth-order valence-corrected chi connectivity index (χ4v) is 5.25. The summed E-state index contributed by atoms with van der Waals surface area (Å²) in [6.07, 6.45) is 3.74. The van der Waals surface area contributed by atoms with Crippen LogP contribution < -0.4 is 4.90 Å². The number of fused-ring (bicyclic) bond motifs is 3. The highest BCUT2D eigenvalue weighted by molar-refractivity contribution is 5.88. The van der Waals surface area contributed by atoms with E-state index in [1.807, 2.05) is 10.5 Å². The average molecular weight is 455 g/mol. The molecule has 174 valence electrons. The van der Waals surface area contributed by atoms with E-state index >= 15 is 0 Å². The molecule has 0 bridgehead atoms. The monoisotopic (exact) mass is 454 g/mol. The van der Waals surface area contributed by atoms with E-state index in [2.05, 4.69) is 83.0 Å². The maximum absolute atomic E-state index is 9.47. The number of pyridine rings is 1. The number of hydrogen-bond donors (Lipinski definition) is 0. The zero-order valence-electron chi connectivity index (χ0n) is 20.2. The molecule has 0 unspecified atom stereocenters. The van der Waals surface area contributed by atoms with Crippen molar-refractivity contribution in [1.29, 1.82) is 5.26 Å². The van der Waals surface area contributed by atoms with Gasteiger partial charge in [-0.05, 0) is 44.4 Å². The summed E-state index contributed by atoms with van der Waals surface area (Å²) in [6.45, 7) is 10.7. The van der Waals surface area contributed by atoms with Crippen molar-refractivity contribution in [3.63, 3.8) is 0 Å². The molecule has 0 amide bonds. The van der Waals surface area contributed by atoms with Crippen LogP contribution in [0.1, 0.15) is 56.5 Å². The minimum absolute atomic E-state index is 0.218. The maximum atomic E-state index is 9.47. The largest absolute Gasteiger partial charge is 0.349 e. The number of nitrogens with zero attached hydrogens (tertiary/aromatic N) is 8. The first-order valence-corrected chi connectivity index (χ1v) is 12.0. The Balaban J connectivity index is 1.55. The molecule has 8 heteroatoms. The van der Waals surface area contributed by atoms with Crippen molar-refractivity contribution in [3.8, 4) is 6.07 Å². The molecule has 0 spiro atoms. The maximum Gasteiger partial charge on any atom is 0.257 e. The molecule has 4 heterocycles. The number of piperazine rings is 1. The summed E-state index contributed by atoms with van der Waals surface area (Å²) >= 11 is 0. The van der Waals surface area contributed by atoms with Crippen molar-refractivity contribution in [2.45, 2.75) is 58.7 Å². The topological polar surface area (TPSA) is 86.2 Å². The van der Waals surface area contributed by atoms with Crippen molar-refractivity contribution >= 4 is 22.6 Å². The van der Waals surface area contributed by atoms with Crippen LogP contribution in [0.3, 0.4) is 0 Å². The first-order chi connectivity index (χ1) is 16.5. The van der Waals surface area contributed by atoms with Crippen molar-refractivity contribution in [3.05, 3.63) is 59.5 Å². The summed E-state index contributed by atoms with van der Waals surface area (Å²) in [5.74, 6) is 1.32. The molecule has 0 N–H and O–H groups in total. The van der Waals surface area contributed by atoms with E-state index in [0.717, 1.165) is 37.3 Å². The highest BCUT2D eigenvalue weighted by atomic mass is 15.4. The van der Waals surface area contributed by atoms with Gasteiger partial charge in [0.1, 0.15) is 23.6 Å². The van der Waals surface area contributed by atoms with Gasteiger partial charge in [-0.1, -0.05) is 43.7 Å². The van der Waals surface area contributed by atoms with Crippen LogP contribution in [0.15, 0.2) is 42.7 Å². The lowest BCUT2D eigenvalue weighted by molar-refractivity contribution is 0.0940. The van der Waals surface area contributed by atoms with Gasteiger partial charge in [0.2, 0.25) is 0 Å². The van der Waals surface area contributed by atoms with Gasteiger partial charge >= 0.3 is 0 Å². The lowest BCUT2D eigenvalue weighted by Gasteiger charge is -2.49. The molecule has 1 aromatic carbocycles. The molecule has 0 radical (unpaired) electrons. The van der Waals surface area contributed by atoms with Crippen LogP contribution in [0.5, 0.6) is 0 Å². The highest BCUT2D eigenvalue weighted by Crippen LogP contribution is 2.34. The Morgan fingerprint density at radius 1 is 1.09 bits per heavy atom. The van der Waals surface area contributed by atoms with E-state index < -0.39 is 0 Å². The third kappa shape index (κ3) is 3.76. The van der Waals surface area contributed by atoms with Crippen molar-refractivity contribution in [2.24, 2.45) is 0 Å². The minimum Gasteiger partial charge on any atom is -0.349 e. The van der Waals surface area contributed by atoms with Crippen LogP contribution in [0.2, 0.25) is 0 Å². The number of nitriles is 1. The van der Waals surface area contributed by atoms with Crippen LogP contribution in [0.25, 0.3) is 16.8 Å². The molecular weight excluding hydrogens is 424 g/mol. The van der Waals surface area contributed by atoms with Crippen LogP contribution in [-0.2, 0) is 0 Å². The SMILES string of the molecule is CC[C@@H]1CN(c2nc3nncn3c3ccc(C#N)nc23)[C@@H](C)CN1[C@H](CC)c1ccc(C)cc1. The first-order valence-electron chi connectivity index (χ1n) is 12.0. The lowest BCUT2D eigenvalue weighted by Crippen LogP contribution is -2.58. The Labute approximate surface area is 199 Å². The van der Waals surface area contributed by atoms with Gasteiger partial charge < -0.3 is 4.90 Å². The lowest BCUT2D eigenvalue weighted by atomic mass is 9.95. The van der Waals surface area contributed by atoms with Gasteiger partial charge in [0, 0.05) is 31.2 Å². The normalized spacial score (nSPS) is 20.0. The van der Waals surface area contributed by atoms with E-state index in [1.54, 1.807) is 12.4 Å². The fraction of sp³-hybridized carbons (Fsp3) is 0.423. The number of anilines is 1. The van der Waals surface area contributed by atoms with Crippen LogP contribution in [0.4, 0.5) is 5.82 Å². The van der Waals surface area contributed by atoms with Crippen LogP contribution in [0, 0.1) is 18.3 Å². The average Bonchev–Trinajstić information content (AvgIpc) is 3.34. The molecule has 0 aliphatic carbocycles. The Bertz CT molecular complexity index is 1350. The Kier molecular flexibility index (Phi) is 5.88. The number of aryl methyl sites for hydroxylation is 1. The summed E-state index contributed by atoms with van der Waals surface area (Å²) in [5, 5.41) is 17.7. The van der Waals surface area contributed by atoms with Gasteiger partial charge in [-0.2, -0.15) is 10.2 Å². The smallest absolute Gasteiger partial charge is 0.257 e. The summed E-state index contributed by atoms with van der Waals surface area (Å²) in [4.78, 5) is 14.5. The number of aromatic nitrogens is 5. The second-order valence-electron chi connectivity index (χ2n) is 9.21. The Hall–Kier alpha value is -3.57. The van der Waals surface area contributed by atoms with Crippen molar-refractivity contribution in [1.82, 2.24) is 29.5 Å². The summed E-state index contributed by atoms with van der Waals surface area (Å²) < 4.78 is 1.83. The zero-order valence-corrected chi connectivity index (χ0v) is 20.2. The molecular formula is C26H30N8. The molecule has 1 aliphatic heterocycles. The molecule has 1 saturated heterocycles. The molecule has 4 aromatic rings. The molecule has 3 atom stereocenters. The molecule has 3 aromatic heterocycles. The van der Waals surface area contributed by atoms with Crippen LogP contribution >= 0.6 is 0 Å². The van der Waals surface area contributed by atoms with Gasteiger partial charge in [-0.25, -0.2) is 4.98 Å². The molecule has 34 heavy (non-hydrogen) atoms. The molecule has 1 fully saturated rings. The van der Waals surface area contributed by atoms with Crippen LogP contribution in [-0.4, -0.2) is 54.6 Å². The summed E-state index contributed by atoms with van der Waals surface area (Å²) in [5.41, 5.74) is 4.62. The standard InChI is InChI=1S/C26H30N8/c1-5-21-15-32(18(4)14-33(21)22(6-2)19-9-7-17(3)8-10-19)25-24-23(12-11-20(13-27)29-24)34-16-28-31-26(34)30-25/h7-12,16,18,21-22H,5-6,14-15H2,1-4H3/t18-,21+,22+/m0/s1. The van der Waals surface area contributed by atoms with E-state index in [4.69, 9.17) is 4.98 Å². The molecule has 5 rings (SSSR count). The Morgan fingerprint density at radius 2 is 1.88 bits per heavy atom. The van der Waals surface area contributed by atoms with Gasteiger partial charge in [0.15, 0.2) is 5.82 Å². The number of rotatable bonds is 5. The second kappa shape index (κ2) is 8.99. The predicted molar refractivity (Wildman–Crippen MR) is 133 cm³/mol. The van der Waals surface area contributed by atoms with Crippen molar-refractivity contribution < 1.29 is 0 Å². The van der Waals surface area contributed by atoms with Gasteiger partial charge in [-0.15, -0.1) is 10.2 Å². The fourth-order valence-electron chi connectivity index (χ4n) is 5.25. The zero-order chi connectivity index (χ0) is 23.8. The van der Waals surface area contributed by atoms with E-state index in [0.29, 0.717) is 29.1 Å². The van der Waals surface area contributed by atoms with Gasteiger partial charge in [0.05, 0.1) is 5.52 Å². The van der Waals surface area contributed by atoms with E-state index in [9.17, 15) is 5.26 Å². The van der Waals surface area contributed by atoms with Crippen molar-refractivity contribution in [2.75, 3.05) is 18.0 Å². The second-order valence-corrected chi connectivity index (χ2v) is 9.21. The van der Waals surface area contributed by atoms with E-state index in [1.165, 1.54) is 11.1 Å². The quantitative estimate of drug-likeness (QED) is 0.444. The molecule has 1 aliphatic rings. The molecule has 8 nitrogen and oxygen atoms in total. The summed E-state index contributed by atoms with van der Waals surface area (Å²) in [7, 11) is 0. The third-order valence-corrected chi connectivity index (χ3v) is 7.07. The number of hydrogen-bond acceptors (Lipinski definition) is 7. The number of benzene rings is 1. The van der Waals surface area contributed by atoms with Gasteiger partial charge in [-0.3, -0.25) is 9.30 Å². The van der Waals surface area contributed by atoms with Gasteiger partial charge in [0.25, 0.3) is 5.78 Å².